The van der Waals surface area contributed by atoms with E-state index >= 15 is 0 Å². The molecule has 2 radical (unpaired) electrons. The first-order chi connectivity index (χ1) is 0. The molecular formula is Ca2O7V2-10. The molecule has 0 spiro atoms. The Bertz CT molecular complexity index is 14.4. The zero-order chi connectivity index (χ0) is 0. The second-order valence-electron chi connectivity index (χ2n) is 0. The number of rotatable bonds is 0. The van der Waals surface area contributed by atoms with Crippen LogP contribution in [-0.2, 0) is 75.4 Å². The Kier molecular flexibility index (Phi) is 3600. The van der Waals surface area contributed by atoms with Crippen LogP contribution in [0.4, 0.5) is 0 Å². The first-order valence-electron chi connectivity index (χ1n) is 0. The van der Waals surface area contributed by atoms with Gasteiger partial charge in [0.2, 0.25) is 0 Å². The van der Waals surface area contributed by atoms with Crippen molar-refractivity contribution in [1.82, 2.24) is 0 Å². The molecule has 0 aliphatic heterocycles. The van der Waals surface area contributed by atoms with Crippen LogP contribution in [0.15, 0.2) is 0 Å². The van der Waals surface area contributed by atoms with E-state index in [1.807, 2.05) is 0 Å². The van der Waals surface area contributed by atoms with E-state index < -0.39 is 0 Å². The predicted molar refractivity (Wildman–Crippen MR) is 16.3 cm³/mol. The predicted octanol–water partition coefficient (Wildman–Crippen LogP) is -1.60. The SMILES string of the molecule is [Ca+2].[Ca+2].[O-2].[O-2].[O-2].[O-2].[O-2].[O-2].[O-2].[V].[V]. The van der Waals surface area contributed by atoms with Crippen LogP contribution in [0.3, 0.4) is 0 Å². The quantitative estimate of drug-likeness (QED) is 0.463. The van der Waals surface area contributed by atoms with Gasteiger partial charge in [0.05, 0.1) is 0 Å². The molecule has 66 valence electrons. The van der Waals surface area contributed by atoms with E-state index in [2.05, 4.69) is 0 Å². The second kappa shape index (κ2) is 178. The Morgan fingerprint density at radius 3 is 0.273 bits per heavy atom. The van der Waals surface area contributed by atoms with Crippen molar-refractivity contribution in [1.29, 1.82) is 0 Å². The van der Waals surface area contributed by atoms with Gasteiger partial charge >= 0.3 is 75.5 Å². The minimum atomic E-state index is 0. The van der Waals surface area contributed by atoms with Gasteiger partial charge in [-0.25, -0.2) is 0 Å². The third-order valence-corrected chi connectivity index (χ3v) is 0. The van der Waals surface area contributed by atoms with E-state index in [4.69, 9.17) is 0 Å². The molecule has 0 fully saturated rings. The fraction of sp³-hybridized carbons (Fsp3) is 0. The van der Waals surface area contributed by atoms with Crippen molar-refractivity contribution in [2.75, 3.05) is 0 Å². The molecule has 0 bridgehead atoms. The maximum Gasteiger partial charge on any atom is 2.00 e. The second-order valence-corrected chi connectivity index (χ2v) is 0. The largest absolute Gasteiger partial charge is 2.00 e. The van der Waals surface area contributed by atoms with Crippen LogP contribution in [0.25, 0.3) is 0 Å². The average Bonchev–Trinajstić information content (AvgIpc) is 0. The van der Waals surface area contributed by atoms with Gasteiger partial charge in [-0.2, -0.15) is 0 Å². The fourth-order valence-corrected chi connectivity index (χ4v) is 0. The summed E-state index contributed by atoms with van der Waals surface area (Å²) in [7, 11) is 0. The van der Waals surface area contributed by atoms with Gasteiger partial charge in [-0.05, 0) is 0 Å². The molecule has 0 heterocycles. The van der Waals surface area contributed by atoms with E-state index in [9.17, 15) is 0 Å². The molecule has 0 unspecified atom stereocenters. The van der Waals surface area contributed by atoms with E-state index in [1.165, 1.54) is 0 Å². The number of hydrogen-bond donors (Lipinski definition) is 0. The molecule has 0 N–H and O–H groups in total. The monoisotopic (exact) mass is 294 g/mol. The van der Waals surface area contributed by atoms with Crippen LogP contribution in [-0.4, -0.2) is 75.5 Å². The van der Waals surface area contributed by atoms with Crippen LogP contribution in [0.2, 0.25) is 0 Å². The van der Waals surface area contributed by atoms with Crippen molar-refractivity contribution < 1.29 is 75.4 Å². The van der Waals surface area contributed by atoms with Crippen LogP contribution in [0.1, 0.15) is 0 Å². The fourth-order valence-electron chi connectivity index (χ4n) is 0. The summed E-state index contributed by atoms with van der Waals surface area (Å²) in [5.74, 6) is 0. The molecule has 0 aliphatic rings. The summed E-state index contributed by atoms with van der Waals surface area (Å²) in [5, 5.41) is 0. The topological polar surface area (TPSA) is 200 Å². The summed E-state index contributed by atoms with van der Waals surface area (Å²) >= 11 is 0. The van der Waals surface area contributed by atoms with Crippen molar-refractivity contribution in [2.45, 2.75) is 0 Å². The summed E-state index contributed by atoms with van der Waals surface area (Å²) in [6, 6.07) is 0. The summed E-state index contributed by atoms with van der Waals surface area (Å²) < 4.78 is 0. The van der Waals surface area contributed by atoms with Crippen LogP contribution in [0, 0.1) is 0 Å². The minimum Gasteiger partial charge on any atom is -2.00 e. The number of hydrogen-bond acceptors (Lipinski definition) is 0. The minimum absolute atomic E-state index is 0. The molecule has 7 nitrogen and oxygen atoms in total. The summed E-state index contributed by atoms with van der Waals surface area (Å²) in [4.78, 5) is 0. The van der Waals surface area contributed by atoms with Gasteiger partial charge in [0.15, 0.2) is 0 Å². The molecule has 0 saturated carbocycles. The molecule has 0 rings (SSSR count). The zero-order valence-electron chi connectivity index (χ0n) is 5.17. The van der Waals surface area contributed by atoms with Crippen molar-refractivity contribution in [3.8, 4) is 0 Å². The van der Waals surface area contributed by atoms with Crippen molar-refractivity contribution in [2.24, 2.45) is 0 Å². The summed E-state index contributed by atoms with van der Waals surface area (Å²) in [5.41, 5.74) is 0. The van der Waals surface area contributed by atoms with E-state index in [1.54, 1.807) is 0 Å². The Hall–Kier alpha value is 3.41. The van der Waals surface area contributed by atoms with Gasteiger partial charge in [-0.15, -0.1) is 0 Å². The van der Waals surface area contributed by atoms with Gasteiger partial charge in [-0.3, -0.25) is 0 Å². The van der Waals surface area contributed by atoms with Crippen LogP contribution >= 0.6 is 0 Å². The molecule has 0 aromatic heterocycles. The smallest absolute Gasteiger partial charge is 2.00 e. The standard InChI is InChI=1S/2Ca.7O.2V/q2*+2;7*-2;;. The van der Waals surface area contributed by atoms with Crippen molar-refractivity contribution >= 4 is 75.5 Å². The Morgan fingerprint density at radius 2 is 0.273 bits per heavy atom. The average molecular weight is 294 g/mol. The Labute approximate surface area is 148 Å². The van der Waals surface area contributed by atoms with Gasteiger partial charge in [-0.1, -0.05) is 0 Å². The molecule has 0 atom stereocenters. The molecule has 0 aromatic rings. The van der Waals surface area contributed by atoms with E-state index in [0.717, 1.165) is 0 Å². The van der Waals surface area contributed by atoms with E-state index in [0.29, 0.717) is 0 Å². The van der Waals surface area contributed by atoms with Crippen LogP contribution < -0.4 is 0 Å². The first-order valence-corrected chi connectivity index (χ1v) is 0. The molecule has 11 heteroatoms. The van der Waals surface area contributed by atoms with Gasteiger partial charge < -0.3 is 38.3 Å². The third-order valence-electron chi connectivity index (χ3n) is 0. The molecule has 0 aromatic carbocycles. The summed E-state index contributed by atoms with van der Waals surface area (Å²) in [6.07, 6.45) is 0. The molecule has 11 heavy (non-hydrogen) atoms. The van der Waals surface area contributed by atoms with Gasteiger partial charge in [0, 0.05) is 37.1 Å². The molecule has 0 amide bonds. The van der Waals surface area contributed by atoms with Crippen molar-refractivity contribution in [3.63, 3.8) is 0 Å². The summed E-state index contributed by atoms with van der Waals surface area (Å²) in [6.45, 7) is 0. The van der Waals surface area contributed by atoms with Crippen LogP contribution in [0.5, 0.6) is 0 Å². The maximum atomic E-state index is 0. The Morgan fingerprint density at radius 1 is 0.273 bits per heavy atom. The van der Waals surface area contributed by atoms with E-state index in [-0.39, 0.29) is 151 Å². The maximum absolute atomic E-state index is 0. The normalized spacial score (nSPS) is 0. The first kappa shape index (κ1) is 223. The molecule has 0 aliphatic carbocycles. The molecule has 0 saturated heterocycles. The third kappa shape index (κ3) is 150. The zero-order valence-corrected chi connectivity index (χ0v) is 12.4. The Balaban J connectivity index is 0. The molecular weight excluding hydrogens is 294 g/mol. The van der Waals surface area contributed by atoms with Crippen molar-refractivity contribution in [3.05, 3.63) is 0 Å². The van der Waals surface area contributed by atoms with Gasteiger partial charge in [0.1, 0.15) is 0 Å². The van der Waals surface area contributed by atoms with Gasteiger partial charge in [0.25, 0.3) is 0 Å².